The zero-order valence-electron chi connectivity index (χ0n) is 24.0. The molecule has 3 aromatic rings. The first-order valence-electron chi connectivity index (χ1n) is 13.7. The number of amides is 1. The fraction of sp³-hybridized carbons (Fsp3) is 0.517. The topological polar surface area (TPSA) is 100 Å². The molecule has 2 aromatic heterocycles. The van der Waals surface area contributed by atoms with Crippen molar-refractivity contribution in [2.75, 3.05) is 18.5 Å². The molecule has 0 saturated heterocycles. The fourth-order valence-corrected chi connectivity index (χ4v) is 5.56. The predicted octanol–water partition coefficient (Wildman–Crippen LogP) is 5.31. The van der Waals surface area contributed by atoms with Crippen LogP contribution in [0.3, 0.4) is 0 Å². The normalized spacial score (nSPS) is 15.4. The number of nitrogens with one attached hydrogen (secondary N) is 1. The van der Waals surface area contributed by atoms with Gasteiger partial charge in [-0.2, -0.15) is 10.2 Å². The van der Waals surface area contributed by atoms with Crippen LogP contribution >= 0.6 is 0 Å². The Bertz CT molecular complexity index is 1290. The number of benzene rings is 1. The number of anilines is 1. The van der Waals surface area contributed by atoms with Crippen LogP contribution in [0.2, 0.25) is 25.7 Å². The molecule has 0 spiro atoms. The minimum absolute atomic E-state index is 0.136. The average molecular weight is 552 g/mol. The highest BCUT2D eigenvalue weighted by atomic mass is 28.3. The van der Waals surface area contributed by atoms with E-state index in [-0.39, 0.29) is 17.9 Å². The first-order chi connectivity index (χ1) is 18.5. The maximum atomic E-state index is 13.5. The van der Waals surface area contributed by atoms with Crippen molar-refractivity contribution in [1.29, 1.82) is 0 Å². The second-order valence-electron chi connectivity index (χ2n) is 12.2. The van der Waals surface area contributed by atoms with Gasteiger partial charge in [0.2, 0.25) is 0 Å². The molecule has 1 aliphatic carbocycles. The Labute approximate surface area is 231 Å². The number of rotatable bonds is 11. The monoisotopic (exact) mass is 551 g/mol. The summed E-state index contributed by atoms with van der Waals surface area (Å²) in [5.41, 5.74) is 3.86. The number of esters is 1. The predicted molar refractivity (Wildman–Crippen MR) is 154 cm³/mol. The Morgan fingerprint density at radius 2 is 1.92 bits per heavy atom. The molecule has 210 valence electrons. The van der Waals surface area contributed by atoms with Gasteiger partial charge in [0.1, 0.15) is 6.73 Å². The van der Waals surface area contributed by atoms with E-state index in [1.807, 2.05) is 35.0 Å². The van der Waals surface area contributed by atoms with Crippen molar-refractivity contribution < 1.29 is 19.1 Å². The number of hydrogen-bond donors (Lipinski definition) is 1. The van der Waals surface area contributed by atoms with E-state index in [1.165, 1.54) is 4.68 Å². The van der Waals surface area contributed by atoms with Gasteiger partial charge in [0, 0.05) is 32.1 Å². The molecule has 0 aliphatic heterocycles. The van der Waals surface area contributed by atoms with Crippen LogP contribution in [0.4, 0.5) is 5.69 Å². The third-order valence-electron chi connectivity index (χ3n) is 7.04. The number of aromatic nitrogens is 4. The number of carbonyl (C=O) groups excluding carboxylic acids is 2. The maximum absolute atomic E-state index is 13.5. The van der Waals surface area contributed by atoms with Crippen molar-refractivity contribution in [3.8, 4) is 0 Å². The molecule has 10 heteroatoms. The van der Waals surface area contributed by atoms with Crippen LogP contribution in [-0.2, 0) is 33.8 Å². The van der Waals surface area contributed by atoms with Gasteiger partial charge in [-0.15, -0.1) is 0 Å². The fourth-order valence-electron chi connectivity index (χ4n) is 4.81. The first kappa shape index (κ1) is 28.8. The summed E-state index contributed by atoms with van der Waals surface area (Å²) in [5, 5.41) is 12.0. The van der Waals surface area contributed by atoms with E-state index < -0.39 is 20.1 Å². The molecular formula is C29H41N5O4Si. The molecule has 0 fully saturated rings. The highest BCUT2D eigenvalue weighted by Gasteiger charge is 2.33. The van der Waals surface area contributed by atoms with Crippen molar-refractivity contribution in [1.82, 2.24) is 19.6 Å². The molecule has 1 aromatic carbocycles. The van der Waals surface area contributed by atoms with E-state index >= 15 is 0 Å². The molecular weight excluding hydrogens is 510 g/mol. The van der Waals surface area contributed by atoms with Crippen molar-refractivity contribution in [2.45, 2.75) is 78.5 Å². The largest absolute Gasteiger partial charge is 0.464 e. The molecule has 0 radical (unpaired) electrons. The third kappa shape index (κ3) is 7.24. The van der Waals surface area contributed by atoms with Crippen LogP contribution in [0, 0.1) is 5.41 Å². The molecule has 2 heterocycles. The summed E-state index contributed by atoms with van der Waals surface area (Å²) in [6, 6.07) is 9.65. The summed E-state index contributed by atoms with van der Waals surface area (Å²) < 4.78 is 14.7. The molecule has 4 rings (SSSR count). The standard InChI is InChI=1S/C29H41N5O4Si/c1-7-38-28(36)26(21-11-9-8-10-12-21)33-19-22(18-30-33)31-27(35)25-23-13-14-29(2,3)17-24(23)34(32-25)20-37-15-16-39(4,5)6/h8-12,18-19,26H,7,13-17,20H2,1-6H3,(H,31,35). The summed E-state index contributed by atoms with van der Waals surface area (Å²) in [7, 11) is -1.20. The molecule has 0 bridgehead atoms. The van der Waals surface area contributed by atoms with Gasteiger partial charge < -0.3 is 14.8 Å². The SMILES string of the molecule is CCOC(=O)C(c1ccccc1)n1cc(NC(=O)c2nn(COCC[Si](C)(C)C)c3c2CCC(C)(C)C3)cn1. The zero-order valence-corrected chi connectivity index (χ0v) is 25.0. The Balaban J connectivity index is 1.54. The number of carbonyl (C=O) groups is 2. The Morgan fingerprint density at radius 1 is 1.18 bits per heavy atom. The lowest BCUT2D eigenvalue weighted by Crippen LogP contribution is -2.25. The molecule has 1 aliphatic rings. The van der Waals surface area contributed by atoms with E-state index in [0.717, 1.165) is 42.1 Å². The van der Waals surface area contributed by atoms with E-state index in [1.54, 1.807) is 19.3 Å². The van der Waals surface area contributed by atoms with Crippen LogP contribution in [0.5, 0.6) is 0 Å². The smallest absolute Gasteiger partial charge is 0.335 e. The van der Waals surface area contributed by atoms with Crippen LogP contribution < -0.4 is 5.32 Å². The third-order valence-corrected chi connectivity index (χ3v) is 8.74. The molecule has 9 nitrogen and oxygen atoms in total. The van der Waals surface area contributed by atoms with E-state index in [4.69, 9.17) is 14.6 Å². The summed E-state index contributed by atoms with van der Waals surface area (Å²) in [6.07, 6.45) is 5.81. The van der Waals surface area contributed by atoms with Crippen molar-refractivity contribution >= 4 is 25.6 Å². The molecule has 1 unspecified atom stereocenters. The second kappa shape index (κ2) is 11.9. The quantitative estimate of drug-likeness (QED) is 0.197. The number of nitrogens with zero attached hydrogens (tertiary/aromatic N) is 4. The Kier molecular flexibility index (Phi) is 8.75. The van der Waals surface area contributed by atoms with Gasteiger partial charge in [-0.05, 0) is 43.2 Å². The summed E-state index contributed by atoms with van der Waals surface area (Å²) in [5.74, 6) is -0.701. The first-order valence-corrected chi connectivity index (χ1v) is 17.4. The lowest BCUT2D eigenvalue weighted by atomic mass is 9.76. The van der Waals surface area contributed by atoms with Gasteiger partial charge in [-0.25, -0.2) is 9.48 Å². The van der Waals surface area contributed by atoms with Gasteiger partial charge in [-0.3, -0.25) is 9.48 Å². The maximum Gasteiger partial charge on any atom is 0.335 e. The lowest BCUT2D eigenvalue weighted by molar-refractivity contribution is -0.146. The van der Waals surface area contributed by atoms with Gasteiger partial charge in [-0.1, -0.05) is 63.8 Å². The van der Waals surface area contributed by atoms with Crippen molar-refractivity contribution in [2.24, 2.45) is 5.41 Å². The summed E-state index contributed by atoms with van der Waals surface area (Å²) in [4.78, 5) is 26.2. The number of fused-ring (bicyclic) bond motifs is 1. The van der Waals surface area contributed by atoms with E-state index in [9.17, 15) is 9.59 Å². The van der Waals surface area contributed by atoms with E-state index in [0.29, 0.717) is 24.7 Å². The molecule has 1 N–H and O–H groups in total. The Morgan fingerprint density at radius 3 is 2.62 bits per heavy atom. The van der Waals surface area contributed by atoms with Crippen LogP contribution in [-0.4, -0.2) is 52.7 Å². The zero-order chi connectivity index (χ0) is 28.2. The number of ether oxygens (including phenoxy) is 2. The molecule has 39 heavy (non-hydrogen) atoms. The Hall–Kier alpha value is -3.24. The van der Waals surface area contributed by atoms with Gasteiger partial charge in [0.05, 0.1) is 18.5 Å². The molecule has 1 amide bonds. The van der Waals surface area contributed by atoms with E-state index in [2.05, 4.69) is 43.9 Å². The van der Waals surface area contributed by atoms with Crippen LogP contribution in [0.15, 0.2) is 42.7 Å². The highest BCUT2D eigenvalue weighted by Crippen LogP contribution is 2.36. The minimum Gasteiger partial charge on any atom is -0.464 e. The second-order valence-corrected chi connectivity index (χ2v) is 17.8. The van der Waals surface area contributed by atoms with Gasteiger partial charge >= 0.3 is 5.97 Å². The highest BCUT2D eigenvalue weighted by molar-refractivity contribution is 6.76. The van der Waals surface area contributed by atoms with Crippen LogP contribution in [0.25, 0.3) is 0 Å². The van der Waals surface area contributed by atoms with Gasteiger partial charge in [0.25, 0.3) is 5.91 Å². The summed E-state index contributed by atoms with van der Waals surface area (Å²) in [6.45, 7) is 14.5. The van der Waals surface area contributed by atoms with Crippen molar-refractivity contribution in [3.63, 3.8) is 0 Å². The number of hydrogen-bond acceptors (Lipinski definition) is 6. The molecule has 0 saturated carbocycles. The van der Waals surface area contributed by atoms with Crippen LogP contribution in [0.1, 0.15) is 60.5 Å². The molecule has 1 atom stereocenters. The van der Waals surface area contributed by atoms with Gasteiger partial charge in [0.15, 0.2) is 11.7 Å². The summed E-state index contributed by atoms with van der Waals surface area (Å²) >= 11 is 0. The van der Waals surface area contributed by atoms with Crippen molar-refractivity contribution in [3.05, 3.63) is 65.2 Å². The minimum atomic E-state index is -1.20. The average Bonchev–Trinajstić information content (AvgIpc) is 3.46. The lowest BCUT2D eigenvalue weighted by Gasteiger charge is -2.30.